The van der Waals surface area contributed by atoms with E-state index in [2.05, 4.69) is 47.9 Å². The quantitative estimate of drug-likeness (QED) is 0.683. The topological polar surface area (TPSA) is 45.1 Å². The molecule has 0 aliphatic heterocycles. The van der Waals surface area contributed by atoms with Crippen LogP contribution >= 0.6 is 0 Å². The molecule has 0 spiro atoms. The average Bonchev–Trinajstić information content (AvgIpc) is 2.95. The van der Waals surface area contributed by atoms with Crippen LogP contribution in [0.1, 0.15) is 37.7 Å². The van der Waals surface area contributed by atoms with Crippen LogP contribution in [0.25, 0.3) is 0 Å². The second-order valence-electron chi connectivity index (χ2n) is 6.36. The zero-order chi connectivity index (χ0) is 17.4. The van der Waals surface area contributed by atoms with Crippen molar-refractivity contribution in [3.63, 3.8) is 0 Å². The van der Waals surface area contributed by atoms with Gasteiger partial charge in [0.05, 0.1) is 7.11 Å². The molecular weight excluding hydrogens is 481 g/mol. The predicted molar refractivity (Wildman–Crippen MR) is 94.1 cm³/mol. The zero-order valence-corrected chi connectivity index (χ0v) is 17.0. The first-order chi connectivity index (χ1) is 11.6. The van der Waals surface area contributed by atoms with Gasteiger partial charge >= 0.3 is 96.3 Å². The SMILES string of the molecule is COc1ccc(CN)cc1.Cn1ccn(CC2CCCCC2)[c]1=[Pt]. The third kappa shape index (κ3) is 5.75. The van der Waals surface area contributed by atoms with Crippen LogP contribution in [-0.2, 0) is 39.5 Å². The number of hydrogen-bond acceptors (Lipinski definition) is 2. The normalized spacial score (nSPS) is 14.9. The first-order valence-electron chi connectivity index (χ1n) is 8.64. The molecule has 0 amide bonds. The fourth-order valence-electron chi connectivity index (χ4n) is 3.04. The summed E-state index contributed by atoms with van der Waals surface area (Å²) in [5, 5.41) is 0. The van der Waals surface area contributed by atoms with Crippen molar-refractivity contribution in [1.29, 1.82) is 0 Å². The van der Waals surface area contributed by atoms with Gasteiger partial charge in [0, 0.05) is 6.54 Å². The average molecular weight is 511 g/mol. The summed E-state index contributed by atoms with van der Waals surface area (Å²) in [6.07, 6.45) is 11.5. The van der Waals surface area contributed by atoms with Gasteiger partial charge in [-0.1, -0.05) is 12.1 Å². The molecule has 4 nitrogen and oxygen atoms in total. The van der Waals surface area contributed by atoms with E-state index < -0.39 is 0 Å². The summed E-state index contributed by atoms with van der Waals surface area (Å²) >= 11 is 2.41. The van der Waals surface area contributed by atoms with Crippen molar-refractivity contribution in [3.05, 3.63) is 46.0 Å². The summed E-state index contributed by atoms with van der Waals surface area (Å²) in [4.78, 5) is 0. The van der Waals surface area contributed by atoms with E-state index in [-0.39, 0.29) is 0 Å². The van der Waals surface area contributed by atoms with Crippen molar-refractivity contribution < 1.29 is 24.1 Å². The maximum atomic E-state index is 5.40. The van der Waals surface area contributed by atoms with Crippen molar-refractivity contribution in [2.75, 3.05) is 7.11 Å². The Hall–Kier alpha value is -1.12. The van der Waals surface area contributed by atoms with E-state index in [9.17, 15) is 0 Å². The molecule has 0 saturated heterocycles. The Bertz CT molecular complexity index is 631. The Kier molecular flexibility index (Phi) is 8.00. The van der Waals surface area contributed by atoms with Gasteiger partial charge in [-0.05, 0) is 17.7 Å². The Balaban J connectivity index is 0.000000185. The Morgan fingerprint density at radius 3 is 2.29 bits per heavy atom. The van der Waals surface area contributed by atoms with Crippen molar-refractivity contribution in [2.24, 2.45) is 18.7 Å². The predicted octanol–water partition coefficient (Wildman–Crippen LogP) is 3.64. The fraction of sp³-hybridized carbons (Fsp3) is 0.526. The van der Waals surface area contributed by atoms with Crippen LogP contribution in [-0.4, -0.2) is 16.2 Å². The Morgan fingerprint density at radius 2 is 1.79 bits per heavy atom. The summed E-state index contributed by atoms with van der Waals surface area (Å²) < 4.78 is 10.9. The molecule has 0 atom stereocenters. The van der Waals surface area contributed by atoms with Gasteiger partial charge in [0.15, 0.2) is 0 Å². The van der Waals surface area contributed by atoms with Gasteiger partial charge in [-0.25, -0.2) is 0 Å². The van der Waals surface area contributed by atoms with Crippen LogP contribution in [0, 0.1) is 9.72 Å². The van der Waals surface area contributed by atoms with Crippen LogP contribution < -0.4 is 10.5 Å². The third-order valence-corrected chi connectivity index (χ3v) is 5.99. The minimum absolute atomic E-state index is 0.587. The maximum absolute atomic E-state index is 5.40. The van der Waals surface area contributed by atoms with Crippen LogP contribution in [0.2, 0.25) is 0 Å². The molecule has 1 aliphatic carbocycles. The molecule has 1 saturated carbocycles. The van der Waals surface area contributed by atoms with E-state index >= 15 is 0 Å². The molecule has 24 heavy (non-hydrogen) atoms. The standard InChI is InChI=1S/C11H18N2.C8H11NO.Pt/c1-12-7-8-13(10-12)9-11-5-3-2-4-6-11;1-10-8-4-2-7(6-9)3-5-8;/h7-8,11H,2-6,9H2,1H3;2-5H,6,9H2,1H3;. The third-order valence-electron chi connectivity index (χ3n) is 4.53. The van der Waals surface area contributed by atoms with E-state index in [1.54, 1.807) is 7.11 Å². The molecule has 5 heteroatoms. The molecule has 1 heterocycles. The molecule has 2 N–H and O–H groups in total. The second-order valence-corrected chi connectivity index (χ2v) is 7.38. The number of ether oxygens (including phenoxy) is 1. The van der Waals surface area contributed by atoms with Gasteiger partial charge < -0.3 is 10.5 Å². The van der Waals surface area contributed by atoms with E-state index in [4.69, 9.17) is 10.5 Å². The summed E-state index contributed by atoms with van der Waals surface area (Å²) in [6, 6.07) is 7.72. The van der Waals surface area contributed by atoms with E-state index in [0.29, 0.717) is 6.54 Å². The molecule has 2 aromatic rings. The first kappa shape index (κ1) is 19.2. The van der Waals surface area contributed by atoms with Crippen molar-refractivity contribution >= 4 is 0 Å². The minimum atomic E-state index is 0.587. The number of benzene rings is 1. The number of aryl methyl sites for hydroxylation is 1. The molecule has 3 rings (SSSR count). The number of nitrogens with zero attached hydrogens (tertiary/aromatic N) is 2. The molecule has 1 fully saturated rings. The van der Waals surface area contributed by atoms with Crippen molar-refractivity contribution in [2.45, 2.75) is 45.2 Å². The molecule has 0 radical (unpaired) electrons. The fourth-order valence-corrected chi connectivity index (χ4v) is 3.58. The van der Waals surface area contributed by atoms with Gasteiger partial charge in [0.2, 0.25) is 0 Å². The molecule has 1 aliphatic rings. The van der Waals surface area contributed by atoms with E-state index in [1.807, 2.05) is 24.3 Å². The molecule has 1 aromatic carbocycles. The van der Waals surface area contributed by atoms with E-state index in [1.165, 1.54) is 42.5 Å². The van der Waals surface area contributed by atoms with Crippen LogP contribution in [0.5, 0.6) is 5.75 Å². The summed E-state index contributed by atoms with van der Waals surface area (Å²) in [6.45, 7) is 1.81. The summed E-state index contributed by atoms with van der Waals surface area (Å²) in [5.74, 6) is 1.79. The number of aromatic nitrogens is 2. The molecule has 136 valence electrons. The van der Waals surface area contributed by atoms with Crippen molar-refractivity contribution in [1.82, 2.24) is 9.13 Å². The molecule has 0 unspecified atom stereocenters. The van der Waals surface area contributed by atoms with Gasteiger partial charge in [-0.2, -0.15) is 0 Å². The summed E-state index contributed by atoms with van der Waals surface area (Å²) in [7, 11) is 3.76. The Labute approximate surface area is 156 Å². The van der Waals surface area contributed by atoms with Gasteiger partial charge in [0.1, 0.15) is 5.75 Å². The van der Waals surface area contributed by atoms with E-state index in [0.717, 1.165) is 17.2 Å². The van der Waals surface area contributed by atoms with Gasteiger partial charge in [-0.3, -0.25) is 0 Å². The zero-order valence-electron chi connectivity index (χ0n) is 14.7. The molecule has 0 bridgehead atoms. The Morgan fingerprint density at radius 1 is 1.12 bits per heavy atom. The molecular formula is C19H29N3OPt. The number of rotatable bonds is 4. The van der Waals surface area contributed by atoms with Crippen LogP contribution in [0.3, 0.4) is 0 Å². The molecule has 1 aromatic heterocycles. The number of nitrogens with two attached hydrogens (primary N) is 1. The number of imidazole rings is 1. The second kappa shape index (κ2) is 10.0. The van der Waals surface area contributed by atoms with Gasteiger partial charge in [-0.15, -0.1) is 0 Å². The summed E-state index contributed by atoms with van der Waals surface area (Å²) in [5.41, 5.74) is 6.53. The van der Waals surface area contributed by atoms with Gasteiger partial charge in [0.25, 0.3) is 0 Å². The first-order valence-corrected chi connectivity index (χ1v) is 9.77. The number of methoxy groups -OCH3 is 1. The number of hydrogen-bond donors (Lipinski definition) is 1. The van der Waals surface area contributed by atoms with Crippen LogP contribution in [0.4, 0.5) is 0 Å². The van der Waals surface area contributed by atoms with Crippen LogP contribution in [0.15, 0.2) is 36.7 Å². The van der Waals surface area contributed by atoms with Crippen molar-refractivity contribution in [3.8, 4) is 5.75 Å². The monoisotopic (exact) mass is 510 g/mol.